The molecule has 3 N–H and O–H groups in total. The van der Waals surface area contributed by atoms with Crippen LogP contribution in [0.15, 0.2) is 48.8 Å². The van der Waals surface area contributed by atoms with Gasteiger partial charge in [-0.15, -0.1) is 0 Å². The molecule has 0 bridgehead atoms. The number of carbonyl (C=O) groups excluding carboxylic acids is 1. The van der Waals surface area contributed by atoms with E-state index in [2.05, 4.69) is 10.3 Å². The van der Waals surface area contributed by atoms with E-state index in [-0.39, 0.29) is 5.91 Å². The number of para-hydroxylation sites is 2. The van der Waals surface area contributed by atoms with Crippen molar-refractivity contribution in [3.63, 3.8) is 0 Å². The van der Waals surface area contributed by atoms with Gasteiger partial charge in [0, 0.05) is 18.0 Å². The van der Waals surface area contributed by atoms with Crippen LogP contribution in [0, 0.1) is 0 Å². The standard InChI is InChI=1S/C12H11N3O/c13-10-3-1-2-4-11(10)15-12(16)9-5-7-14-8-6-9/h1-8H,13H2,(H,15,16). The summed E-state index contributed by atoms with van der Waals surface area (Å²) in [5.41, 5.74) is 7.44. The second kappa shape index (κ2) is 4.44. The Labute approximate surface area is 93.1 Å². The highest BCUT2D eigenvalue weighted by molar-refractivity contribution is 6.05. The first-order valence-corrected chi connectivity index (χ1v) is 4.83. The number of carbonyl (C=O) groups is 1. The number of nitrogens with zero attached hydrogens (tertiary/aromatic N) is 1. The molecule has 2 aromatic rings. The van der Waals surface area contributed by atoms with Crippen LogP contribution in [0.2, 0.25) is 0 Å². The minimum atomic E-state index is -0.194. The van der Waals surface area contributed by atoms with Crippen LogP contribution in [0.5, 0.6) is 0 Å². The summed E-state index contributed by atoms with van der Waals surface area (Å²) in [6.07, 6.45) is 3.15. The lowest BCUT2D eigenvalue weighted by molar-refractivity contribution is 0.102. The molecule has 4 heteroatoms. The first kappa shape index (κ1) is 10.2. The molecule has 0 aliphatic rings. The molecular formula is C12H11N3O. The number of aromatic nitrogens is 1. The van der Waals surface area contributed by atoms with Gasteiger partial charge in [0.15, 0.2) is 0 Å². The molecule has 0 radical (unpaired) electrons. The second-order valence-corrected chi connectivity index (χ2v) is 3.28. The highest BCUT2D eigenvalue weighted by Crippen LogP contribution is 2.17. The average Bonchev–Trinajstić information content (AvgIpc) is 2.33. The van der Waals surface area contributed by atoms with Crippen molar-refractivity contribution >= 4 is 17.3 Å². The third-order valence-corrected chi connectivity index (χ3v) is 2.15. The Morgan fingerprint density at radius 1 is 1.12 bits per heavy atom. The molecule has 2 rings (SSSR count). The van der Waals surface area contributed by atoms with Gasteiger partial charge in [0.1, 0.15) is 0 Å². The monoisotopic (exact) mass is 213 g/mol. The SMILES string of the molecule is Nc1ccccc1NC(=O)c1ccncc1. The summed E-state index contributed by atoms with van der Waals surface area (Å²) in [5, 5.41) is 2.73. The number of nitrogen functional groups attached to an aromatic ring is 1. The fraction of sp³-hybridized carbons (Fsp3) is 0. The van der Waals surface area contributed by atoms with Gasteiger partial charge in [-0.25, -0.2) is 0 Å². The molecule has 1 aromatic heterocycles. The Bertz CT molecular complexity index is 497. The number of hydrogen-bond acceptors (Lipinski definition) is 3. The average molecular weight is 213 g/mol. The Morgan fingerprint density at radius 3 is 2.50 bits per heavy atom. The number of rotatable bonds is 2. The number of anilines is 2. The molecule has 0 spiro atoms. The van der Waals surface area contributed by atoms with Gasteiger partial charge in [0.25, 0.3) is 5.91 Å². The Kier molecular flexibility index (Phi) is 2.82. The van der Waals surface area contributed by atoms with Crippen molar-refractivity contribution < 1.29 is 4.79 Å². The normalized spacial score (nSPS) is 9.75. The van der Waals surface area contributed by atoms with Crippen molar-refractivity contribution in [1.82, 2.24) is 4.98 Å². The van der Waals surface area contributed by atoms with Crippen LogP contribution < -0.4 is 11.1 Å². The van der Waals surface area contributed by atoms with E-state index in [0.717, 1.165) is 0 Å². The molecular weight excluding hydrogens is 202 g/mol. The van der Waals surface area contributed by atoms with E-state index in [9.17, 15) is 4.79 Å². The number of amides is 1. The molecule has 16 heavy (non-hydrogen) atoms. The molecule has 0 atom stereocenters. The lowest BCUT2D eigenvalue weighted by Crippen LogP contribution is -2.12. The van der Waals surface area contributed by atoms with E-state index in [4.69, 9.17) is 5.73 Å². The molecule has 1 heterocycles. The molecule has 0 saturated carbocycles. The molecule has 0 fully saturated rings. The van der Waals surface area contributed by atoms with E-state index in [1.807, 2.05) is 12.1 Å². The van der Waals surface area contributed by atoms with Crippen LogP contribution in [-0.2, 0) is 0 Å². The van der Waals surface area contributed by atoms with Crippen LogP contribution in [0.25, 0.3) is 0 Å². The van der Waals surface area contributed by atoms with Crippen molar-refractivity contribution in [1.29, 1.82) is 0 Å². The van der Waals surface area contributed by atoms with Crippen molar-refractivity contribution in [2.24, 2.45) is 0 Å². The zero-order chi connectivity index (χ0) is 11.4. The van der Waals surface area contributed by atoms with Gasteiger partial charge in [-0.05, 0) is 24.3 Å². The summed E-state index contributed by atoms with van der Waals surface area (Å²) in [6, 6.07) is 10.4. The fourth-order valence-corrected chi connectivity index (χ4v) is 1.31. The van der Waals surface area contributed by atoms with E-state index in [0.29, 0.717) is 16.9 Å². The summed E-state index contributed by atoms with van der Waals surface area (Å²) < 4.78 is 0. The highest BCUT2D eigenvalue weighted by atomic mass is 16.1. The van der Waals surface area contributed by atoms with Gasteiger partial charge in [-0.3, -0.25) is 9.78 Å². The maximum atomic E-state index is 11.8. The number of nitrogens with two attached hydrogens (primary N) is 1. The van der Waals surface area contributed by atoms with Crippen LogP contribution in [0.3, 0.4) is 0 Å². The first-order chi connectivity index (χ1) is 7.77. The summed E-state index contributed by atoms with van der Waals surface area (Å²) in [4.78, 5) is 15.6. The van der Waals surface area contributed by atoms with Gasteiger partial charge >= 0.3 is 0 Å². The van der Waals surface area contributed by atoms with E-state index in [1.165, 1.54) is 0 Å². The third kappa shape index (κ3) is 2.17. The number of benzene rings is 1. The van der Waals surface area contributed by atoms with E-state index in [1.54, 1.807) is 36.7 Å². The third-order valence-electron chi connectivity index (χ3n) is 2.15. The van der Waals surface area contributed by atoms with Crippen LogP contribution in [0.1, 0.15) is 10.4 Å². The Hall–Kier alpha value is -2.36. The van der Waals surface area contributed by atoms with Gasteiger partial charge < -0.3 is 11.1 Å². The summed E-state index contributed by atoms with van der Waals surface area (Å²) in [6.45, 7) is 0. The summed E-state index contributed by atoms with van der Waals surface area (Å²) in [7, 11) is 0. The lowest BCUT2D eigenvalue weighted by atomic mass is 10.2. The zero-order valence-electron chi connectivity index (χ0n) is 8.55. The molecule has 1 aromatic carbocycles. The largest absolute Gasteiger partial charge is 0.397 e. The predicted octanol–water partition coefficient (Wildman–Crippen LogP) is 1.92. The molecule has 0 aliphatic carbocycles. The van der Waals surface area contributed by atoms with Crippen LogP contribution >= 0.6 is 0 Å². The Balaban J connectivity index is 2.18. The maximum absolute atomic E-state index is 11.8. The quantitative estimate of drug-likeness (QED) is 0.749. The zero-order valence-corrected chi connectivity index (χ0v) is 8.55. The van der Waals surface area contributed by atoms with Crippen molar-refractivity contribution in [2.75, 3.05) is 11.1 Å². The van der Waals surface area contributed by atoms with E-state index >= 15 is 0 Å². The fourth-order valence-electron chi connectivity index (χ4n) is 1.31. The molecule has 1 amide bonds. The predicted molar refractivity (Wildman–Crippen MR) is 63.0 cm³/mol. The molecule has 0 aliphatic heterocycles. The molecule has 4 nitrogen and oxygen atoms in total. The van der Waals surface area contributed by atoms with Gasteiger partial charge in [-0.1, -0.05) is 12.1 Å². The van der Waals surface area contributed by atoms with Gasteiger partial charge in [0.2, 0.25) is 0 Å². The molecule has 80 valence electrons. The lowest BCUT2D eigenvalue weighted by Gasteiger charge is -2.07. The first-order valence-electron chi connectivity index (χ1n) is 4.83. The topological polar surface area (TPSA) is 68.0 Å². The van der Waals surface area contributed by atoms with Crippen molar-refractivity contribution in [3.05, 3.63) is 54.4 Å². The number of pyridine rings is 1. The van der Waals surface area contributed by atoms with E-state index < -0.39 is 0 Å². The highest BCUT2D eigenvalue weighted by Gasteiger charge is 2.06. The van der Waals surface area contributed by atoms with Crippen LogP contribution in [-0.4, -0.2) is 10.9 Å². The van der Waals surface area contributed by atoms with Crippen molar-refractivity contribution in [3.8, 4) is 0 Å². The van der Waals surface area contributed by atoms with Crippen molar-refractivity contribution in [2.45, 2.75) is 0 Å². The molecule has 0 unspecified atom stereocenters. The Morgan fingerprint density at radius 2 is 1.81 bits per heavy atom. The number of hydrogen-bond donors (Lipinski definition) is 2. The summed E-state index contributed by atoms with van der Waals surface area (Å²) in [5.74, 6) is -0.194. The second-order valence-electron chi connectivity index (χ2n) is 3.28. The van der Waals surface area contributed by atoms with Crippen LogP contribution in [0.4, 0.5) is 11.4 Å². The minimum absolute atomic E-state index is 0.194. The number of nitrogens with one attached hydrogen (secondary N) is 1. The van der Waals surface area contributed by atoms with Gasteiger partial charge in [0.05, 0.1) is 11.4 Å². The smallest absolute Gasteiger partial charge is 0.255 e. The summed E-state index contributed by atoms with van der Waals surface area (Å²) >= 11 is 0. The maximum Gasteiger partial charge on any atom is 0.255 e. The molecule has 0 saturated heterocycles. The van der Waals surface area contributed by atoms with Gasteiger partial charge in [-0.2, -0.15) is 0 Å². The minimum Gasteiger partial charge on any atom is -0.397 e.